The molecular weight excluding hydrogens is 276 g/mol. The molecule has 0 saturated heterocycles. The lowest BCUT2D eigenvalue weighted by Gasteiger charge is -2.03. The first kappa shape index (κ1) is 13.2. The lowest BCUT2D eigenvalue weighted by Crippen LogP contribution is -2.14. The van der Waals surface area contributed by atoms with Crippen molar-refractivity contribution < 1.29 is 19.6 Å². The van der Waals surface area contributed by atoms with Gasteiger partial charge in [0.2, 0.25) is 5.82 Å². The molecule has 0 bridgehead atoms. The van der Waals surface area contributed by atoms with Gasteiger partial charge >= 0.3 is 11.8 Å². The van der Waals surface area contributed by atoms with Crippen LogP contribution in [0.5, 0.6) is 0 Å². The molecule has 0 aliphatic rings. The summed E-state index contributed by atoms with van der Waals surface area (Å²) >= 11 is 1.29. The van der Waals surface area contributed by atoms with Crippen LogP contribution >= 0.6 is 11.3 Å². The second-order valence-corrected chi connectivity index (χ2v) is 4.34. The Kier molecular flexibility index (Phi) is 3.92. The Morgan fingerprint density at radius 3 is 3.16 bits per heavy atom. The van der Waals surface area contributed by atoms with Crippen LogP contribution in [0.1, 0.15) is 0 Å². The summed E-state index contributed by atoms with van der Waals surface area (Å²) in [6.07, 6.45) is 1.57. The maximum absolute atomic E-state index is 11.0. The molecule has 10 heteroatoms. The van der Waals surface area contributed by atoms with E-state index in [-0.39, 0.29) is 24.8 Å². The standard InChI is InChI=1S/C9H10N4O5S/c14-6(15)5-18-3-1-10-7-8(13(16)17)12-2-4-19-9(12)11-7/h2,4,10H,1,3,5H2,(H,14,15). The van der Waals surface area contributed by atoms with Gasteiger partial charge in [-0.25, -0.2) is 4.79 Å². The second kappa shape index (κ2) is 5.63. The maximum Gasteiger partial charge on any atom is 0.372 e. The van der Waals surface area contributed by atoms with Gasteiger partial charge in [-0.3, -0.25) is 0 Å². The number of thiazole rings is 1. The van der Waals surface area contributed by atoms with Gasteiger partial charge in [-0.2, -0.15) is 9.38 Å². The summed E-state index contributed by atoms with van der Waals surface area (Å²) in [5.41, 5.74) is 0. The van der Waals surface area contributed by atoms with E-state index in [1.54, 1.807) is 11.6 Å². The van der Waals surface area contributed by atoms with Gasteiger partial charge in [-0.1, -0.05) is 11.3 Å². The number of nitro groups is 1. The third-order valence-corrected chi connectivity index (χ3v) is 2.93. The van der Waals surface area contributed by atoms with Gasteiger partial charge in [0.05, 0.1) is 6.61 Å². The van der Waals surface area contributed by atoms with E-state index in [2.05, 4.69) is 10.3 Å². The van der Waals surface area contributed by atoms with Crippen molar-refractivity contribution in [2.75, 3.05) is 25.1 Å². The molecule has 0 atom stereocenters. The average Bonchev–Trinajstić information content (AvgIpc) is 2.86. The van der Waals surface area contributed by atoms with Crippen molar-refractivity contribution in [2.45, 2.75) is 0 Å². The van der Waals surface area contributed by atoms with Crippen LogP contribution < -0.4 is 5.32 Å². The molecule has 0 aromatic carbocycles. The SMILES string of the molecule is O=C(O)COCCNc1nc2sccn2c1[N+](=O)[O-]. The van der Waals surface area contributed by atoms with Crippen LogP contribution in [0.15, 0.2) is 11.6 Å². The van der Waals surface area contributed by atoms with Gasteiger partial charge in [-0.15, -0.1) is 0 Å². The second-order valence-electron chi connectivity index (χ2n) is 3.47. The molecule has 0 unspecified atom stereocenters. The summed E-state index contributed by atoms with van der Waals surface area (Å²) in [6, 6.07) is 0. The number of rotatable bonds is 7. The summed E-state index contributed by atoms with van der Waals surface area (Å²) in [5, 5.41) is 23.8. The van der Waals surface area contributed by atoms with Gasteiger partial charge in [0.25, 0.3) is 4.96 Å². The fourth-order valence-electron chi connectivity index (χ4n) is 1.47. The molecule has 0 aliphatic heterocycles. The molecule has 2 N–H and O–H groups in total. The quantitative estimate of drug-likeness (QED) is 0.439. The normalized spacial score (nSPS) is 10.7. The number of carbonyl (C=O) groups is 1. The van der Waals surface area contributed by atoms with Crippen molar-refractivity contribution in [3.8, 4) is 0 Å². The fourth-order valence-corrected chi connectivity index (χ4v) is 2.18. The Balaban J connectivity index is 2.00. The third-order valence-electron chi connectivity index (χ3n) is 2.17. The Bertz CT molecular complexity index is 607. The third kappa shape index (κ3) is 2.98. The largest absolute Gasteiger partial charge is 0.480 e. The zero-order valence-electron chi connectivity index (χ0n) is 9.61. The topological polar surface area (TPSA) is 119 Å². The lowest BCUT2D eigenvalue weighted by atomic mass is 10.6. The van der Waals surface area contributed by atoms with Crippen LogP contribution in [-0.2, 0) is 9.53 Å². The Morgan fingerprint density at radius 2 is 2.47 bits per heavy atom. The van der Waals surface area contributed by atoms with Crippen molar-refractivity contribution in [3.05, 3.63) is 21.7 Å². The first-order valence-corrected chi connectivity index (χ1v) is 6.11. The van der Waals surface area contributed by atoms with E-state index in [1.807, 2.05) is 0 Å². The first-order chi connectivity index (χ1) is 9.09. The number of aliphatic carboxylic acids is 1. The number of hydrogen-bond donors (Lipinski definition) is 2. The minimum Gasteiger partial charge on any atom is -0.480 e. The highest BCUT2D eigenvalue weighted by atomic mass is 32.1. The smallest absolute Gasteiger partial charge is 0.372 e. The number of aromatic nitrogens is 2. The summed E-state index contributed by atoms with van der Waals surface area (Å²) in [6.45, 7) is -0.0460. The molecule has 2 aromatic rings. The molecule has 19 heavy (non-hydrogen) atoms. The average molecular weight is 286 g/mol. The first-order valence-electron chi connectivity index (χ1n) is 5.23. The van der Waals surface area contributed by atoms with Crippen molar-refractivity contribution >= 4 is 33.9 Å². The molecule has 0 spiro atoms. The van der Waals surface area contributed by atoms with E-state index in [9.17, 15) is 14.9 Å². The van der Waals surface area contributed by atoms with Gasteiger partial charge in [-0.05, 0) is 4.92 Å². The highest BCUT2D eigenvalue weighted by Crippen LogP contribution is 2.27. The molecule has 0 amide bonds. The Morgan fingerprint density at radius 1 is 1.68 bits per heavy atom. The zero-order chi connectivity index (χ0) is 13.8. The van der Waals surface area contributed by atoms with E-state index in [0.717, 1.165) is 0 Å². The summed E-state index contributed by atoms with van der Waals surface area (Å²) in [4.78, 5) is 25.3. The van der Waals surface area contributed by atoms with Gasteiger partial charge in [0, 0.05) is 11.9 Å². The van der Waals surface area contributed by atoms with E-state index in [1.165, 1.54) is 15.7 Å². The number of imidazole rings is 1. The van der Waals surface area contributed by atoms with Crippen LogP contribution in [-0.4, -0.2) is 45.1 Å². The molecule has 2 heterocycles. The van der Waals surface area contributed by atoms with Crippen LogP contribution in [0.2, 0.25) is 0 Å². The maximum atomic E-state index is 11.0. The lowest BCUT2D eigenvalue weighted by molar-refractivity contribution is -0.389. The number of fused-ring (bicyclic) bond motifs is 1. The summed E-state index contributed by atoms with van der Waals surface area (Å²) < 4.78 is 6.19. The molecule has 2 aromatic heterocycles. The molecule has 9 nitrogen and oxygen atoms in total. The number of hydrogen-bond acceptors (Lipinski definition) is 7. The predicted octanol–water partition coefficient (Wildman–Crippen LogP) is 0.817. The van der Waals surface area contributed by atoms with Gasteiger partial charge < -0.3 is 25.3 Å². The van der Waals surface area contributed by atoms with Crippen molar-refractivity contribution in [1.82, 2.24) is 9.38 Å². The highest BCUT2D eigenvalue weighted by molar-refractivity contribution is 7.15. The van der Waals surface area contributed by atoms with Gasteiger partial charge in [0.15, 0.2) is 0 Å². The van der Waals surface area contributed by atoms with E-state index < -0.39 is 17.5 Å². The molecule has 0 radical (unpaired) electrons. The number of ether oxygens (including phenoxy) is 1. The summed E-state index contributed by atoms with van der Waals surface area (Å²) in [5.74, 6) is -1.06. The van der Waals surface area contributed by atoms with E-state index in [4.69, 9.17) is 9.84 Å². The summed E-state index contributed by atoms with van der Waals surface area (Å²) in [7, 11) is 0. The Labute approximate surface area is 110 Å². The number of nitrogens with zero attached hydrogens (tertiary/aromatic N) is 3. The number of carboxylic acids is 1. The molecule has 0 saturated carbocycles. The Hall–Kier alpha value is -2.20. The van der Waals surface area contributed by atoms with Crippen molar-refractivity contribution in [3.63, 3.8) is 0 Å². The van der Waals surface area contributed by atoms with Crippen LogP contribution in [0.25, 0.3) is 4.96 Å². The highest BCUT2D eigenvalue weighted by Gasteiger charge is 2.22. The van der Waals surface area contributed by atoms with Crippen LogP contribution in [0, 0.1) is 10.1 Å². The molecule has 0 aliphatic carbocycles. The fraction of sp³-hybridized carbons (Fsp3) is 0.333. The molecule has 0 fully saturated rings. The number of nitrogens with one attached hydrogen (secondary N) is 1. The van der Waals surface area contributed by atoms with E-state index in [0.29, 0.717) is 4.96 Å². The molecule has 2 rings (SSSR count). The van der Waals surface area contributed by atoms with E-state index >= 15 is 0 Å². The zero-order valence-corrected chi connectivity index (χ0v) is 10.4. The van der Waals surface area contributed by atoms with Crippen LogP contribution in [0.3, 0.4) is 0 Å². The predicted molar refractivity (Wildman–Crippen MR) is 66.7 cm³/mol. The van der Waals surface area contributed by atoms with Crippen molar-refractivity contribution in [1.29, 1.82) is 0 Å². The monoisotopic (exact) mass is 286 g/mol. The molecular formula is C9H10N4O5S. The van der Waals surface area contributed by atoms with Crippen LogP contribution in [0.4, 0.5) is 11.6 Å². The minimum absolute atomic E-state index is 0.120. The van der Waals surface area contributed by atoms with Crippen molar-refractivity contribution in [2.24, 2.45) is 0 Å². The number of carboxylic acid groups (broad SMARTS) is 1. The molecule has 102 valence electrons. The number of anilines is 1. The minimum atomic E-state index is -1.06. The van der Waals surface area contributed by atoms with Gasteiger partial charge in [0.1, 0.15) is 12.8 Å².